The van der Waals surface area contributed by atoms with E-state index in [0.717, 1.165) is 28.2 Å². The van der Waals surface area contributed by atoms with E-state index in [0.29, 0.717) is 0 Å². The molecule has 1 unspecified atom stereocenters. The molecule has 2 heterocycles. The molecule has 1 atom stereocenters. The van der Waals surface area contributed by atoms with Gasteiger partial charge in [-0.2, -0.15) is 0 Å². The number of hydrogen-bond donors (Lipinski definition) is 1. The molecule has 3 rings (SSSR count). The largest absolute Gasteiger partial charge is 0.497 e. The van der Waals surface area contributed by atoms with Crippen LogP contribution in [0.4, 0.5) is 0 Å². The molecule has 0 aliphatic heterocycles. The Morgan fingerprint density at radius 2 is 2.04 bits per heavy atom. The molecular formula is C18H18N2O3. The van der Waals surface area contributed by atoms with Gasteiger partial charge in [-0.3, -0.25) is 4.79 Å². The first-order chi connectivity index (χ1) is 11.1. The Morgan fingerprint density at radius 3 is 2.70 bits per heavy atom. The van der Waals surface area contributed by atoms with Crippen LogP contribution >= 0.6 is 0 Å². The molecule has 0 amide bonds. The van der Waals surface area contributed by atoms with Crippen molar-refractivity contribution in [3.63, 3.8) is 0 Å². The Balaban J connectivity index is 2.08. The van der Waals surface area contributed by atoms with Crippen molar-refractivity contribution >= 4 is 11.6 Å². The number of fused-ring (bicyclic) bond motifs is 1. The maximum Gasteiger partial charge on any atom is 0.304 e. The van der Waals surface area contributed by atoms with Crippen LogP contribution in [0.15, 0.2) is 48.8 Å². The van der Waals surface area contributed by atoms with Crippen molar-refractivity contribution in [3.8, 4) is 5.75 Å². The standard InChI is InChI=1S/C18H18N2O3/c1-12-7-8-20-16(11-19-17(20)9-12)15(10-18(21)22)13-3-5-14(23-2)6-4-13/h3-9,11,15H,10H2,1-2H3,(H,21,22). The number of methoxy groups -OCH3 is 1. The summed E-state index contributed by atoms with van der Waals surface area (Å²) >= 11 is 0. The van der Waals surface area contributed by atoms with E-state index in [-0.39, 0.29) is 12.3 Å². The van der Waals surface area contributed by atoms with E-state index in [9.17, 15) is 9.90 Å². The van der Waals surface area contributed by atoms with Crippen molar-refractivity contribution in [1.29, 1.82) is 0 Å². The van der Waals surface area contributed by atoms with Crippen LogP contribution in [-0.2, 0) is 4.79 Å². The maximum absolute atomic E-state index is 11.3. The highest BCUT2D eigenvalue weighted by Gasteiger charge is 2.21. The van der Waals surface area contributed by atoms with Crippen LogP contribution in [-0.4, -0.2) is 27.6 Å². The second kappa shape index (κ2) is 6.12. The van der Waals surface area contributed by atoms with E-state index in [1.165, 1.54) is 0 Å². The lowest BCUT2D eigenvalue weighted by atomic mass is 9.92. The molecule has 0 fully saturated rings. The van der Waals surface area contributed by atoms with Gasteiger partial charge in [0.1, 0.15) is 11.4 Å². The fourth-order valence-corrected chi connectivity index (χ4v) is 2.76. The van der Waals surface area contributed by atoms with Crippen molar-refractivity contribution in [3.05, 3.63) is 65.6 Å². The number of aryl methyl sites for hydroxylation is 1. The van der Waals surface area contributed by atoms with Gasteiger partial charge in [0.25, 0.3) is 0 Å². The number of benzene rings is 1. The van der Waals surface area contributed by atoms with Crippen LogP contribution in [0.25, 0.3) is 5.65 Å². The van der Waals surface area contributed by atoms with Crippen LogP contribution in [0.3, 0.4) is 0 Å². The lowest BCUT2D eigenvalue weighted by Gasteiger charge is -2.16. The van der Waals surface area contributed by atoms with Gasteiger partial charge in [-0.15, -0.1) is 0 Å². The number of ether oxygens (including phenoxy) is 1. The van der Waals surface area contributed by atoms with Crippen molar-refractivity contribution < 1.29 is 14.6 Å². The first-order valence-electron chi connectivity index (χ1n) is 7.38. The summed E-state index contributed by atoms with van der Waals surface area (Å²) in [6.07, 6.45) is 3.70. The lowest BCUT2D eigenvalue weighted by Crippen LogP contribution is -2.10. The number of rotatable bonds is 5. The monoisotopic (exact) mass is 310 g/mol. The van der Waals surface area contributed by atoms with Gasteiger partial charge in [0.05, 0.1) is 19.2 Å². The summed E-state index contributed by atoms with van der Waals surface area (Å²) in [7, 11) is 1.61. The summed E-state index contributed by atoms with van der Waals surface area (Å²) in [6.45, 7) is 2.01. The third-order valence-corrected chi connectivity index (χ3v) is 3.95. The molecule has 5 nitrogen and oxygen atoms in total. The Kier molecular flexibility index (Phi) is 4.02. The molecule has 23 heavy (non-hydrogen) atoms. The third kappa shape index (κ3) is 3.04. The highest BCUT2D eigenvalue weighted by molar-refractivity contribution is 5.69. The molecule has 0 saturated carbocycles. The fraction of sp³-hybridized carbons (Fsp3) is 0.222. The Hall–Kier alpha value is -2.82. The predicted octanol–water partition coefficient (Wildman–Crippen LogP) is 3.26. The van der Waals surface area contributed by atoms with Crippen LogP contribution < -0.4 is 4.74 Å². The highest BCUT2D eigenvalue weighted by Crippen LogP contribution is 2.30. The fourth-order valence-electron chi connectivity index (χ4n) is 2.76. The molecule has 5 heteroatoms. The molecular weight excluding hydrogens is 292 g/mol. The Labute approximate surface area is 134 Å². The first kappa shape index (κ1) is 15.1. The molecule has 1 N–H and O–H groups in total. The van der Waals surface area contributed by atoms with E-state index in [4.69, 9.17) is 4.74 Å². The Morgan fingerprint density at radius 1 is 1.30 bits per heavy atom. The summed E-state index contributed by atoms with van der Waals surface area (Å²) in [5.41, 5.74) is 3.74. The van der Waals surface area contributed by atoms with Crippen molar-refractivity contribution in [2.24, 2.45) is 0 Å². The molecule has 0 bridgehead atoms. The summed E-state index contributed by atoms with van der Waals surface area (Å²) < 4.78 is 7.12. The number of pyridine rings is 1. The van der Waals surface area contributed by atoms with Gasteiger partial charge in [0, 0.05) is 18.3 Å². The summed E-state index contributed by atoms with van der Waals surface area (Å²) in [4.78, 5) is 15.7. The second-order valence-corrected chi connectivity index (χ2v) is 5.54. The molecule has 0 spiro atoms. The maximum atomic E-state index is 11.3. The zero-order valence-electron chi connectivity index (χ0n) is 13.1. The molecule has 2 aromatic heterocycles. The number of nitrogens with zero attached hydrogens (tertiary/aromatic N) is 2. The van der Waals surface area contributed by atoms with E-state index in [1.807, 2.05) is 53.9 Å². The molecule has 0 aliphatic carbocycles. The minimum atomic E-state index is -0.840. The van der Waals surface area contributed by atoms with Crippen LogP contribution in [0.2, 0.25) is 0 Å². The number of carbonyl (C=O) groups is 1. The Bertz CT molecular complexity index is 837. The normalized spacial score (nSPS) is 12.3. The van der Waals surface area contributed by atoms with Crippen molar-refractivity contribution in [2.75, 3.05) is 7.11 Å². The van der Waals surface area contributed by atoms with Crippen LogP contribution in [0.1, 0.15) is 29.2 Å². The van der Waals surface area contributed by atoms with Gasteiger partial charge in [-0.05, 0) is 42.3 Å². The third-order valence-electron chi connectivity index (χ3n) is 3.95. The van der Waals surface area contributed by atoms with E-state index >= 15 is 0 Å². The van der Waals surface area contributed by atoms with Gasteiger partial charge in [0.2, 0.25) is 0 Å². The van der Waals surface area contributed by atoms with Crippen LogP contribution in [0, 0.1) is 6.92 Å². The lowest BCUT2D eigenvalue weighted by molar-refractivity contribution is -0.137. The average molecular weight is 310 g/mol. The number of carboxylic acid groups (broad SMARTS) is 1. The minimum Gasteiger partial charge on any atom is -0.497 e. The minimum absolute atomic E-state index is 0.00794. The quantitative estimate of drug-likeness (QED) is 0.785. The number of carboxylic acids is 1. The van der Waals surface area contributed by atoms with Crippen molar-refractivity contribution in [2.45, 2.75) is 19.3 Å². The molecule has 0 radical (unpaired) electrons. The van der Waals surface area contributed by atoms with Crippen LogP contribution in [0.5, 0.6) is 5.75 Å². The van der Waals surface area contributed by atoms with Gasteiger partial charge >= 0.3 is 5.97 Å². The van der Waals surface area contributed by atoms with Gasteiger partial charge in [-0.1, -0.05) is 12.1 Å². The summed E-state index contributed by atoms with van der Waals surface area (Å²) in [6, 6.07) is 11.5. The topological polar surface area (TPSA) is 63.8 Å². The average Bonchev–Trinajstić information content (AvgIpc) is 2.95. The zero-order valence-corrected chi connectivity index (χ0v) is 13.1. The van der Waals surface area contributed by atoms with Gasteiger partial charge in [-0.25, -0.2) is 4.98 Å². The molecule has 1 aromatic carbocycles. The number of imidazole rings is 1. The molecule has 3 aromatic rings. The first-order valence-corrected chi connectivity index (χ1v) is 7.38. The number of hydrogen-bond acceptors (Lipinski definition) is 3. The van der Waals surface area contributed by atoms with E-state index in [2.05, 4.69) is 4.98 Å². The molecule has 0 aliphatic rings. The number of aromatic nitrogens is 2. The number of aliphatic carboxylic acids is 1. The van der Waals surface area contributed by atoms with Gasteiger partial charge < -0.3 is 14.2 Å². The van der Waals surface area contributed by atoms with Crippen molar-refractivity contribution in [1.82, 2.24) is 9.38 Å². The van der Waals surface area contributed by atoms with E-state index < -0.39 is 5.97 Å². The summed E-state index contributed by atoms with van der Waals surface area (Å²) in [5, 5.41) is 9.31. The van der Waals surface area contributed by atoms with Gasteiger partial charge in [0.15, 0.2) is 0 Å². The smallest absolute Gasteiger partial charge is 0.304 e. The predicted molar refractivity (Wildman–Crippen MR) is 87.0 cm³/mol. The zero-order chi connectivity index (χ0) is 16.4. The SMILES string of the molecule is COc1ccc(C(CC(=O)O)c2cnc3cc(C)ccn23)cc1. The molecule has 118 valence electrons. The second-order valence-electron chi connectivity index (χ2n) is 5.54. The molecule has 0 saturated heterocycles. The summed E-state index contributed by atoms with van der Waals surface area (Å²) in [5.74, 6) is -0.361. The van der Waals surface area contributed by atoms with E-state index in [1.54, 1.807) is 13.3 Å². The highest BCUT2D eigenvalue weighted by atomic mass is 16.5.